The average molecular weight is 429 g/mol. The molecule has 0 amide bonds. The number of nitrogens with one attached hydrogen (secondary N) is 1. The number of aliphatic hydroxyl groups excluding tert-OH is 1. The van der Waals surface area contributed by atoms with Crippen LogP contribution in [0.2, 0.25) is 5.02 Å². The summed E-state index contributed by atoms with van der Waals surface area (Å²) >= 11 is 9.79. The van der Waals surface area contributed by atoms with Gasteiger partial charge in [-0.05, 0) is 32.0 Å². The highest BCUT2D eigenvalue weighted by Gasteiger charge is 2.20. The third-order valence-corrected chi connectivity index (χ3v) is 4.97. The summed E-state index contributed by atoms with van der Waals surface area (Å²) < 4.78 is 12.4. The number of methoxy groups -OCH3 is 1. The van der Waals surface area contributed by atoms with Gasteiger partial charge in [0.05, 0.1) is 13.7 Å². The van der Waals surface area contributed by atoms with E-state index in [1.165, 1.54) is 0 Å². The maximum Gasteiger partial charge on any atom is 0.167 e. The molecular formula is C19H23BrClNO3. The van der Waals surface area contributed by atoms with Crippen LogP contribution in [0.25, 0.3) is 0 Å². The van der Waals surface area contributed by atoms with Crippen LogP contribution in [0.15, 0.2) is 40.9 Å². The Morgan fingerprint density at radius 3 is 2.56 bits per heavy atom. The molecule has 4 nitrogen and oxygen atoms in total. The number of ether oxygens (including phenoxy) is 2. The zero-order chi connectivity index (χ0) is 18.4. The number of rotatable bonds is 8. The molecule has 0 radical (unpaired) electrons. The maximum atomic E-state index is 9.45. The summed E-state index contributed by atoms with van der Waals surface area (Å²) in [5.74, 6) is 1.30. The second kappa shape index (κ2) is 8.90. The van der Waals surface area contributed by atoms with Gasteiger partial charge < -0.3 is 19.9 Å². The lowest BCUT2D eigenvalue weighted by molar-refractivity contribution is 0.186. The van der Waals surface area contributed by atoms with Gasteiger partial charge in [-0.1, -0.05) is 45.7 Å². The fourth-order valence-electron chi connectivity index (χ4n) is 2.21. The SMILES string of the molecule is COc1ccc(Br)c(CNC(C)(C)CO)c1OCc1ccccc1Cl. The second-order valence-electron chi connectivity index (χ2n) is 6.33. The lowest BCUT2D eigenvalue weighted by atomic mass is 10.1. The van der Waals surface area contributed by atoms with Gasteiger partial charge in [0.1, 0.15) is 6.61 Å². The van der Waals surface area contributed by atoms with Gasteiger partial charge in [0.15, 0.2) is 11.5 Å². The quantitative estimate of drug-likeness (QED) is 0.647. The number of hydrogen-bond donors (Lipinski definition) is 2. The first-order valence-electron chi connectivity index (χ1n) is 7.95. The van der Waals surface area contributed by atoms with Crippen LogP contribution in [0.5, 0.6) is 11.5 Å². The van der Waals surface area contributed by atoms with Crippen LogP contribution in [0.3, 0.4) is 0 Å². The van der Waals surface area contributed by atoms with E-state index in [1.54, 1.807) is 7.11 Å². The van der Waals surface area contributed by atoms with Crippen molar-refractivity contribution in [2.45, 2.75) is 32.5 Å². The van der Waals surface area contributed by atoms with Crippen molar-refractivity contribution in [3.8, 4) is 11.5 Å². The molecule has 136 valence electrons. The Balaban J connectivity index is 2.28. The fraction of sp³-hybridized carbons (Fsp3) is 0.368. The van der Waals surface area contributed by atoms with Gasteiger partial charge in [0.2, 0.25) is 0 Å². The molecule has 2 N–H and O–H groups in total. The van der Waals surface area contributed by atoms with Crippen molar-refractivity contribution in [3.05, 3.63) is 57.0 Å². The Labute approximate surface area is 162 Å². The van der Waals surface area contributed by atoms with Gasteiger partial charge in [0, 0.05) is 32.7 Å². The van der Waals surface area contributed by atoms with E-state index in [1.807, 2.05) is 50.2 Å². The largest absolute Gasteiger partial charge is 0.493 e. The van der Waals surface area contributed by atoms with Gasteiger partial charge in [-0.25, -0.2) is 0 Å². The molecule has 0 heterocycles. The van der Waals surface area contributed by atoms with Crippen LogP contribution in [-0.4, -0.2) is 24.4 Å². The lowest BCUT2D eigenvalue weighted by Crippen LogP contribution is -2.42. The molecule has 0 unspecified atom stereocenters. The molecule has 0 saturated carbocycles. The zero-order valence-corrected chi connectivity index (χ0v) is 16.9. The minimum atomic E-state index is -0.400. The van der Waals surface area contributed by atoms with Crippen molar-refractivity contribution in [2.24, 2.45) is 0 Å². The Bertz CT molecular complexity index is 722. The first-order valence-corrected chi connectivity index (χ1v) is 9.12. The predicted octanol–water partition coefficient (Wildman–Crippen LogP) is 4.55. The number of halogens is 2. The highest BCUT2D eigenvalue weighted by atomic mass is 79.9. The smallest absolute Gasteiger partial charge is 0.167 e. The van der Waals surface area contributed by atoms with Gasteiger partial charge >= 0.3 is 0 Å². The molecule has 0 aliphatic carbocycles. The Morgan fingerprint density at radius 1 is 1.20 bits per heavy atom. The summed E-state index contributed by atoms with van der Waals surface area (Å²) in [6.45, 7) is 4.76. The Kier molecular flexibility index (Phi) is 7.14. The summed E-state index contributed by atoms with van der Waals surface area (Å²) in [5.41, 5.74) is 1.43. The van der Waals surface area contributed by atoms with Crippen LogP contribution in [0.4, 0.5) is 0 Å². The second-order valence-corrected chi connectivity index (χ2v) is 7.59. The molecule has 0 atom stereocenters. The van der Waals surface area contributed by atoms with Crippen LogP contribution >= 0.6 is 27.5 Å². The summed E-state index contributed by atoms with van der Waals surface area (Å²) in [4.78, 5) is 0. The monoisotopic (exact) mass is 427 g/mol. The highest BCUT2D eigenvalue weighted by Crippen LogP contribution is 2.37. The van der Waals surface area contributed by atoms with Gasteiger partial charge in [-0.3, -0.25) is 0 Å². The molecule has 25 heavy (non-hydrogen) atoms. The summed E-state index contributed by atoms with van der Waals surface area (Å²) in [7, 11) is 1.61. The molecule has 2 aromatic carbocycles. The van der Waals surface area contributed by atoms with E-state index < -0.39 is 5.54 Å². The van der Waals surface area contributed by atoms with Crippen molar-refractivity contribution in [3.63, 3.8) is 0 Å². The molecule has 0 fully saturated rings. The topological polar surface area (TPSA) is 50.7 Å². The first kappa shape index (κ1) is 20.0. The van der Waals surface area contributed by atoms with Crippen molar-refractivity contribution in [2.75, 3.05) is 13.7 Å². The number of hydrogen-bond acceptors (Lipinski definition) is 4. The van der Waals surface area contributed by atoms with Gasteiger partial charge in [-0.2, -0.15) is 0 Å². The van der Waals surface area contributed by atoms with Crippen molar-refractivity contribution < 1.29 is 14.6 Å². The predicted molar refractivity (Wildman–Crippen MR) is 104 cm³/mol. The molecule has 0 saturated heterocycles. The van der Waals surface area contributed by atoms with Crippen LogP contribution in [0, 0.1) is 0 Å². The maximum absolute atomic E-state index is 9.45. The summed E-state index contributed by atoms with van der Waals surface area (Å²) in [6, 6.07) is 11.4. The van der Waals surface area contributed by atoms with E-state index in [0.29, 0.717) is 29.7 Å². The Hall–Kier alpha value is -1.27. The Morgan fingerprint density at radius 2 is 1.92 bits per heavy atom. The molecule has 0 aliphatic heterocycles. The van der Waals surface area contributed by atoms with E-state index in [2.05, 4.69) is 21.2 Å². The normalized spacial score (nSPS) is 11.4. The third kappa shape index (κ3) is 5.35. The standard InChI is InChI=1S/C19H23BrClNO3/c1-19(2,12-23)22-10-14-15(20)8-9-17(24-3)18(14)25-11-13-6-4-5-7-16(13)21/h4-9,22-23H,10-12H2,1-3H3. The summed E-state index contributed by atoms with van der Waals surface area (Å²) in [5, 5.41) is 13.4. The molecule has 2 rings (SSSR count). The number of benzene rings is 2. The summed E-state index contributed by atoms with van der Waals surface area (Å²) in [6.07, 6.45) is 0. The van der Waals surface area contributed by atoms with Crippen LogP contribution < -0.4 is 14.8 Å². The molecule has 0 aromatic heterocycles. The minimum Gasteiger partial charge on any atom is -0.493 e. The van der Waals surface area contributed by atoms with Gasteiger partial charge in [0.25, 0.3) is 0 Å². The lowest BCUT2D eigenvalue weighted by Gasteiger charge is -2.25. The molecular weight excluding hydrogens is 406 g/mol. The molecule has 0 spiro atoms. The van der Waals surface area contributed by atoms with E-state index in [9.17, 15) is 5.11 Å². The fourth-order valence-corrected chi connectivity index (χ4v) is 2.86. The van der Waals surface area contributed by atoms with Gasteiger partial charge in [-0.15, -0.1) is 0 Å². The van der Waals surface area contributed by atoms with Crippen molar-refractivity contribution in [1.82, 2.24) is 5.32 Å². The molecule has 0 bridgehead atoms. The zero-order valence-electron chi connectivity index (χ0n) is 14.6. The molecule has 2 aromatic rings. The van der Waals surface area contributed by atoms with E-state index in [-0.39, 0.29) is 6.61 Å². The average Bonchev–Trinajstić information content (AvgIpc) is 2.60. The first-order chi connectivity index (χ1) is 11.9. The van der Waals surface area contributed by atoms with E-state index in [4.69, 9.17) is 21.1 Å². The van der Waals surface area contributed by atoms with Crippen LogP contribution in [-0.2, 0) is 13.2 Å². The van der Waals surface area contributed by atoms with Crippen molar-refractivity contribution >= 4 is 27.5 Å². The number of aliphatic hydroxyl groups is 1. The third-order valence-electron chi connectivity index (χ3n) is 3.86. The minimum absolute atomic E-state index is 0.0321. The molecule has 6 heteroatoms. The van der Waals surface area contributed by atoms with Crippen LogP contribution in [0.1, 0.15) is 25.0 Å². The highest BCUT2D eigenvalue weighted by molar-refractivity contribution is 9.10. The van der Waals surface area contributed by atoms with E-state index in [0.717, 1.165) is 15.6 Å². The van der Waals surface area contributed by atoms with Crippen molar-refractivity contribution in [1.29, 1.82) is 0 Å². The molecule has 0 aliphatic rings. The van der Waals surface area contributed by atoms with E-state index >= 15 is 0 Å².